The van der Waals surface area contributed by atoms with Gasteiger partial charge in [-0.2, -0.15) is 4.73 Å². The summed E-state index contributed by atoms with van der Waals surface area (Å²) in [5.74, 6) is -1.17. The second kappa shape index (κ2) is 3.43. The third-order valence-corrected chi connectivity index (χ3v) is 1.79. The molecule has 1 rings (SSSR count). The highest BCUT2D eigenvalue weighted by atomic mass is 16.5. The largest absolute Gasteiger partial charge is 0.618 e. The van der Waals surface area contributed by atoms with Crippen LogP contribution in [0.5, 0.6) is 0 Å². The number of rotatable bonds is 2. The Morgan fingerprint density at radius 2 is 2.15 bits per heavy atom. The minimum absolute atomic E-state index is 0.0248. The second-order valence-corrected chi connectivity index (χ2v) is 3.09. The van der Waals surface area contributed by atoms with Crippen molar-refractivity contribution in [1.82, 2.24) is 0 Å². The number of aromatic carboxylic acids is 1. The summed E-state index contributed by atoms with van der Waals surface area (Å²) >= 11 is 0. The van der Waals surface area contributed by atoms with E-state index in [1.54, 1.807) is 12.1 Å². The molecule has 0 radical (unpaired) electrons. The Balaban J connectivity index is 3.26. The molecule has 0 aliphatic heterocycles. The van der Waals surface area contributed by atoms with E-state index < -0.39 is 5.97 Å². The van der Waals surface area contributed by atoms with E-state index in [0.29, 0.717) is 10.4 Å². The van der Waals surface area contributed by atoms with Crippen LogP contribution in [0, 0.1) is 5.21 Å². The molecule has 1 aromatic heterocycles. The molecule has 0 saturated heterocycles. The van der Waals surface area contributed by atoms with Gasteiger partial charge in [0.05, 0.1) is 0 Å². The Morgan fingerprint density at radius 3 is 2.62 bits per heavy atom. The van der Waals surface area contributed by atoms with Crippen LogP contribution in [-0.2, 0) is 0 Å². The van der Waals surface area contributed by atoms with Gasteiger partial charge in [0.1, 0.15) is 0 Å². The van der Waals surface area contributed by atoms with E-state index in [0.717, 1.165) is 0 Å². The molecule has 0 fully saturated rings. The first-order valence-electron chi connectivity index (χ1n) is 3.99. The van der Waals surface area contributed by atoms with E-state index in [-0.39, 0.29) is 11.6 Å². The molecule has 1 N–H and O–H groups in total. The lowest BCUT2D eigenvalue weighted by Crippen LogP contribution is -2.39. The first kappa shape index (κ1) is 9.51. The van der Waals surface area contributed by atoms with E-state index in [2.05, 4.69) is 0 Å². The maximum absolute atomic E-state index is 11.4. The van der Waals surface area contributed by atoms with Crippen LogP contribution in [0.3, 0.4) is 0 Å². The van der Waals surface area contributed by atoms with Gasteiger partial charge in [-0.05, 0) is 6.07 Å². The van der Waals surface area contributed by atoms with Gasteiger partial charge in [-0.15, -0.1) is 0 Å². The molecular weight excluding hydrogens is 170 g/mol. The molecule has 1 heterocycles. The number of nitrogens with zero attached hydrogens (tertiary/aromatic N) is 1. The monoisotopic (exact) mass is 181 g/mol. The number of hydrogen-bond donors (Lipinski definition) is 1. The molecule has 0 aromatic carbocycles. The van der Waals surface area contributed by atoms with Crippen molar-refractivity contribution in [3.05, 3.63) is 34.8 Å². The Labute approximate surface area is 76.0 Å². The summed E-state index contributed by atoms with van der Waals surface area (Å²) in [6.45, 7) is 3.69. The van der Waals surface area contributed by atoms with E-state index in [9.17, 15) is 10.0 Å². The van der Waals surface area contributed by atoms with Gasteiger partial charge in [0.2, 0.25) is 0 Å². The predicted molar refractivity (Wildman–Crippen MR) is 46.5 cm³/mol. The first-order chi connectivity index (χ1) is 6.04. The number of aromatic nitrogens is 1. The Bertz CT molecular complexity index is 334. The van der Waals surface area contributed by atoms with Crippen molar-refractivity contribution in [2.45, 2.75) is 19.8 Å². The van der Waals surface area contributed by atoms with Crippen molar-refractivity contribution in [3.63, 3.8) is 0 Å². The van der Waals surface area contributed by atoms with Crippen molar-refractivity contribution in [3.8, 4) is 0 Å². The number of hydrogen-bond acceptors (Lipinski definition) is 2. The van der Waals surface area contributed by atoms with Crippen LogP contribution in [0.1, 0.15) is 35.9 Å². The molecule has 1 aromatic rings. The highest BCUT2D eigenvalue weighted by molar-refractivity contribution is 5.83. The molecule has 0 aliphatic carbocycles. The number of pyridine rings is 1. The summed E-state index contributed by atoms with van der Waals surface area (Å²) in [5, 5.41) is 20.0. The summed E-state index contributed by atoms with van der Waals surface area (Å²) in [5.41, 5.74) is 0.242. The van der Waals surface area contributed by atoms with Crippen LogP contribution < -0.4 is 4.73 Å². The SMILES string of the molecule is CC(C)c1cccc(C(=O)O)[n+]1[O-]. The molecule has 0 atom stereocenters. The fourth-order valence-electron chi connectivity index (χ4n) is 1.10. The lowest BCUT2D eigenvalue weighted by Gasteiger charge is -2.08. The van der Waals surface area contributed by atoms with E-state index in [1.165, 1.54) is 6.07 Å². The molecule has 0 amide bonds. The lowest BCUT2D eigenvalue weighted by atomic mass is 10.1. The average Bonchev–Trinajstić information content (AvgIpc) is 2.03. The van der Waals surface area contributed by atoms with Crippen molar-refractivity contribution in [1.29, 1.82) is 0 Å². The first-order valence-corrected chi connectivity index (χ1v) is 3.99. The lowest BCUT2D eigenvalue weighted by molar-refractivity contribution is -0.618. The highest BCUT2D eigenvalue weighted by Crippen LogP contribution is 2.09. The molecular formula is C9H11NO3. The van der Waals surface area contributed by atoms with Crippen LogP contribution in [0.15, 0.2) is 18.2 Å². The summed E-state index contributed by atoms with van der Waals surface area (Å²) in [4.78, 5) is 10.6. The average molecular weight is 181 g/mol. The fraction of sp³-hybridized carbons (Fsp3) is 0.333. The normalized spacial score (nSPS) is 10.4. The maximum atomic E-state index is 11.4. The number of carbonyl (C=O) groups is 1. The van der Waals surface area contributed by atoms with E-state index in [4.69, 9.17) is 5.11 Å². The molecule has 13 heavy (non-hydrogen) atoms. The quantitative estimate of drug-likeness (QED) is 0.549. The molecule has 0 bridgehead atoms. The summed E-state index contributed by atoms with van der Waals surface area (Å²) in [7, 11) is 0. The molecule has 0 spiro atoms. The minimum Gasteiger partial charge on any atom is -0.618 e. The van der Waals surface area contributed by atoms with Crippen LogP contribution in [0.2, 0.25) is 0 Å². The summed E-state index contributed by atoms with van der Waals surface area (Å²) in [6.07, 6.45) is 0. The van der Waals surface area contributed by atoms with Crippen LogP contribution >= 0.6 is 0 Å². The maximum Gasteiger partial charge on any atom is 0.402 e. The van der Waals surface area contributed by atoms with Gasteiger partial charge in [-0.1, -0.05) is 13.8 Å². The zero-order valence-corrected chi connectivity index (χ0v) is 7.52. The van der Waals surface area contributed by atoms with Gasteiger partial charge in [0.25, 0.3) is 0 Å². The zero-order chi connectivity index (χ0) is 10.0. The topological polar surface area (TPSA) is 64.2 Å². The van der Waals surface area contributed by atoms with Crippen molar-refractivity contribution < 1.29 is 14.6 Å². The number of carboxylic acids is 1. The Morgan fingerprint density at radius 1 is 1.54 bits per heavy atom. The smallest absolute Gasteiger partial charge is 0.402 e. The standard InChI is InChI=1S/C9H11NO3/c1-6(2)7-4-3-5-8(9(11)12)10(7)13/h3-6H,1-2H3,(H,11,12). The summed E-state index contributed by atoms with van der Waals surface area (Å²) in [6, 6.07) is 4.50. The van der Waals surface area contributed by atoms with Crippen LogP contribution in [0.25, 0.3) is 0 Å². The Hall–Kier alpha value is -1.58. The van der Waals surface area contributed by atoms with Crippen LogP contribution in [-0.4, -0.2) is 11.1 Å². The van der Waals surface area contributed by atoms with Crippen molar-refractivity contribution >= 4 is 5.97 Å². The second-order valence-electron chi connectivity index (χ2n) is 3.09. The van der Waals surface area contributed by atoms with Gasteiger partial charge in [0.15, 0.2) is 5.69 Å². The zero-order valence-electron chi connectivity index (χ0n) is 7.52. The molecule has 0 saturated carbocycles. The van der Waals surface area contributed by atoms with E-state index >= 15 is 0 Å². The number of carboxylic acid groups (broad SMARTS) is 1. The Kier molecular flexibility index (Phi) is 2.51. The minimum atomic E-state index is -1.20. The van der Waals surface area contributed by atoms with Gasteiger partial charge >= 0.3 is 11.7 Å². The molecule has 4 nitrogen and oxygen atoms in total. The van der Waals surface area contributed by atoms with Gasteiger partial charge in [-0.3, -0.25) is 0 Å². The van der Waals surface area contributed by atoms with Crippen LogP contribution in [0.4, 0.5) is 0 Å². The van der Waals surface area contributed by atoms with Crippen molar-refractivity contribution in [2.24, 2.45) is 0 Å². The fourth-order valence-corrected chi connectivity index (χ4v) is 1.10. The third kappa shape index (κ3) is 1.77. The van der Waals surface area contributed by atoms with E-state index in [1.807, 2.05) is 13.8 Å². The van der Waals surface area contributed by atoms with Gasteiger partial charge in [0, 0.05) is 18.1 Å². The molecule has 70 valence electrons. The van der Waals surface area contributed by atoms with Gasteiger partial charge < -0.3 is 10.3 Å². The van der Waals surface area contributed by atoms with Crippen molar-refractivity contribution in [2.75, 3.05) is 0 Å². The molecule has 0 aliphatic rings. The highest BCUT2D eigenvalue weighted by Gasteiger charge is 2.18. The summed E-state index contributed by atoms with van der Waals surface area (Å²) < 4.78 is 0.465. The molecule has 0 unspecified atom stereocenters. The van der Waals surface area contributed by atoms with Gasteiger partial charge in [-0.25, -0.2) is 4.79 Å². The molecule has 4 heteroatoms. The third-order valence-electron chi connectivity index (χ3n) is 1.79. The predicted octanol–water partition coefficient (Wildman–Crippen LogP) is 1.14.